The van der Waals surface area contributed by atoms with Crippen molar-refractivity contribution in [2.45, 2.75) is 0 Å². The van der Waals surface area contributed by atoms with Gasteiger partial charge in [-0.2, -0.15) is 5.10 Å². The molecular formula is C15H14N2O4. The highest BCUT2D eigenvalue weighted by Gasteiger charge is 2.07. The molecule has 6 nitrogen and oxygen atoms in total. The second-order valence-corrected chi connectivity index (χ2v) is 4.21. The number of benzene rings is 2. The first-order valence-corrected chi connectivity index (χ1v) is 6.09. The first-order valence-electron chi connectivity index (χ1n) is 6.09. The number of hydrazone groups is 1. The molecule has 0 atom stereocenters. The Morgan fingerprint density at radius 1 is 1.14 bits per heavy atom. The summed E-state index contributed by atoms with van der Waals surface area (Å²) in [5.41, 5.74) is 3.20. The molecule has 6 heteroatoms. The third-order valence-corrected chi connectivity index (χ3v) is 2.66. The summed E-state index contributed by atoms with van der Waals surface area (Å²) < 4.78 is 5.03. The molecule has 21 heavy (non-hydrogen) atoms. The van der Waals surface area contributed by atoms with E-state index in [2.05, 4.69) is 10.5 Å². The third-order valence-electron chi connectivity index (χ3n) is 2.66. The molecule has 0 saturated heterocycles. The summed E-state index contributed by atoms with van der Waals surface area (Å²) in [4.78, 5) is 11.8. The molecular weight excluding hydrogens is 272 g/mol. The van der Waals surface area contributed by atoms with Gasteiger partial charge in [0.2, 0.25) is 0 Å². The number of nitrogens with one attached hydrogen (secondary N) is 1. The lowest BCUT2D eigenvalue weighted by Crippen LogP contribution is -2.17. The van der Waals surface area contributed by atoms with Gasteiger partial charge in [-0.1, -0.05) is 0 Å². The smallest absolute Gasteiger partial charge is 0.271 e. The van der Waals surface area contributed by atoms with Gasteiger partial charge in [0.1, 0.15) is 17.2 Å². The highest BCUT2D eigenvalue weighted by atomic mass is 16.5. The maximum atomic E-state index is 11.8. The number of amides is 1. The molecule has 2 rings (SSSR count). The van der Waals surface area contributed by atoms with Crippen molar-refractivity contribution in [1.82, 2.24) is 5.43 Å². The molecule has 0 bridgehead atoms. The fourth-order valence-corrected chi connectivity index (χ4v) is 1.65. The highest BCUT2D eigenvalue weighted by Crippen LogP contribution is 2.20. The van der Waals surface area contributed by atoms with E-state index in [1.54, 1.807) is 31.4 Å². The van der Waals surface area contributed by atoms with Gasteiger partial charge in [0, 0.05) is 11.6 Å². The van der Waals surface area contributed by atoms with Crippen molar-refractivity contribution < 1.29 is 19.7 Å². The molecule has 0 unspecified atom stereocenters. The van der Waals surface area contributed by atoms with Crippen LogP contribution in [0.5, 0.6) is 17.2 Å². The summed E-state index contributed by atoms with van der Waals surface area (Å²) >= 11 is 0. The number of hydrogen-bond acceptors (Lipinski definition) is 5. The molecule has 1 amide bonds. The number of carbonyl (C=O) groups is 1. The summed E-state index contributed by atoms with van der Waals surface area (Å²) in [6.45, 7) is 0. The first-order chi connectivity index (χ1) is 10.1. The van der Waals surface area contributed by atoms with Crippen LogP contribution in [0.25, 0.3) is 0 Å². The number of hydrogen-bond donors (Lipinski definition) is 3. The lowest BCUT2D eigenvalue weighted by molar-refractivity contribution is 0.0954. The average Bonchev–Trinajstić information content (AvgIpc) is 2.47. The molecule has 2 aromatic carbocycles. The largest absolute Gasteiger partial charge is 0.508 e. The summed E-state index contributed by atoms with van der Waals surface area (Å²) in [5, 5.41) is 22.4. The zero-order valence-corrected chi connectivity index (χ0v) is 11.3. The summed E-state index contributed by atoms with van der Waals surface area (Å²) in [6, 6.07) is 10.7. The van der Waals surface area contributed by atoms with Crippen molar-refractivity contribution in [2.24, 2.45) is 5.10 Å². The number of nitrogens with zero attached hydrogens (tertiary/aromatic N) is 1. The van der Waals surface area contributed by atoms with Gasteiger partial charge in [0.15, 0.2) is 0 Å². The standard InChI is InChI=1S/C15H14N2O4/c1-21-14-4-2-10(3-5-14)9-16-17-15(20)11-6-12(18)8-13(19)7-11/h2-9,18-19H,1H3,(H,17,20)/b16-9-. The molecule has 0 aromatic heterocycles. The highest BCUT2D eigenvalue weighted by molar-refractivity contribution is 5.95. The van der Waals surface area contributed by atoms with Crippen LogP contribution in [0.2, 0.25) is 0 Å². The van der Waals surface area contributed by atoms with Gasteiger partial charge in [-0.15, -0.1) is 0 Å². The van der Waals surface area contributed by atoms with Gasteiger partial charge in [-0.3, -0.25) is 4.79 Å². The second-order valence-electron chi connectivity index (χ2n) is 4.21. The van der Waals surface area contributed by atoms with Crippen LogP contribution >= 0.6 is 0 Å². The molecule has 0 saturated carbocycles. The number of rotatable bonds is 4. The fraction of sp³-hybridized carbons (Fsp3) is 0.0667. The van der Waals surface area contributed by atoms with Crippen molar-refractivity contribution in [2.75, 3.05) is 7.11 Å². The van der Waals surface area contributed by atoms with Crippen LogP contribution in [-0.2, 0) is 0 Å². The van der Waals surface area contributed by atoms with Crippen molar-refractivity contribution in [3.63, 3.8) is 0 Å². The quantitative estimate of drug-likeness (QED) is 0.591. The minimum absolute atomic E-state index is 0.111. The van der Waals surface area contributed by atoms with Crippen LogP contribution in [0.15, 0.2) is 47.6 Å². The number of methoxy groups -OCH3 is 1. The monoisotopic (exact) mass is 286 g/mol. The Morgan fingerprint density at radius 2 is 1.76 bits per heavy atom. The zero-order chi connectivity index (χ0) is 15.2. The van der Waals surface area contributed by atoms with E-state index in [4.69, 9.17) is 4.74 Å². The average molecular weight is 286 g/mol. The van der Waals surface area contributed by atoms with Gasteiger partial charge in [-0.05, 0) is 42.0 Å². The van der Waals surface area contributed by atoms with E-state index in [9.17, 15) is 15.0 Å². The second kappa shape index (κ2) is 6.42. The maximum absolute atomic E-state index is 11.8. The molecule has 0 fully saturated rings. The number of phenols is 2. The van der Waals surface area contributed by atoms with Gasteiger partial charge < -0.3 is 14.9 Å². The van der Waals surface area contributed by atoms with E-state index in [-0.39, 0.29) is 17.1 Å². The van der Waals surface area contributed by atoms with Gasteiger partial charge in [0.05, 0.1) is 13.3 Å². The molecule has 0 aliphatic carbocycles. The van der Waals surface area contributed by atoms with Crippen molar-refractivity contribution in [3.8, 4) is 17.2 Å². The Labute approximate surface area is 121 Å². The van der Waals surface area contributed by atoms with Crippen molar-refractivity contribution >= 4 is 12.1 Å². The lowest BCUT2D eigenvalue weighted by Gasteiger charge is -2.02. The van der Waals surface area contributed by atoms with Crippen LogP contribution < -0.4 is 10.2 Å². The topological polar surface area (TPSA) is 91.2 Å². The predicted molar refractivity (Wildman–Crippen MR) is 77.8 cm³/mol. The number of phenolic OH excluding ortho intramolecular Hbond substituents is 2. The predicted octanol–water partition coefficient (Wildman–Crippen LogP) is 1.87. The van der Waals surface area contributed by atoms with Crippen LogP contribution in [0.4, 0.5) is 0 Å². The van der Waals surface area contributed by atoms with Crippen molar-refractivity contribution in [1.29, 1.82) is 0 Å². The van der Waals surface area contributed by atoms with Crippen molar-refractivity contribution in [3.05, 3.63) is 53.6 Å². The Balaban J connectivity index is 2.01. The number of ether oxygens (including phenoxy) is 1. The maximum Gasteiger partial charge on any atom is 0.271 e. The van der Waals surface area contributed by atoms with Crippen LogP contribution in [0.1, 0.15) is 15.9 Å². The molecule has 2 aromatic rings. The van der Waals surface area contributed by atoms with Gasteiger partial charge >= 0.3 is 0 Å². The van der Waals surface area contributed by atoms with Gasteiger partial charge in [-0.25, -0.2) is 5.43 Å². The van der Waals surface area contributed by atoms with E-state index < -0.39 is 5.91 Å². The van der Waals surface area contributed by atoms with E-state index in [0.29, 0.717) is 0 Å². The Bertz CT molecular complexity index is 646. The Morgan fingerprint density at radius 3 is 2.33 bits per heavy atom. The van der Waals surface area contributed by atoms with E-state index in [1.165, 1.54) is 18.3 Å². The third kappa shape index (κ3) is 3.97. The summed E-state index contributed by atoms with van der Waals surface area (Å²) in [6.07, 6.45) is 1.47. The molecule has 0 radical (unpaired) electrons. The Hall–Kier alpha value is -3.02. The van der Waals surface area contributed by atoms with Crippen LogP contribution in [0, 0.1) is 0 Å². The molecule has 0 aliphatic rings. The minimum Gasteiger partial charge on any atom is -0.508 e. The normalized spacial score (nSPS) is 10.5. The fourth-order valence-electron chi connectivity index (χ4n) is 1.65. The van der Waals surface area contributed by atoms with E-state index in [1.807, 2.05) is 0 Å². The lowest BCUT2D eigenvalue weighted by atomic mass is 10.2. The molecule has 108 valence electrons. The summed E-state index contributed by atoms with van der Waals surface area (Å²) in [7, 11) is 1.58. The van der Waals surface area contributed by atoms with E-state index in [0.717, 1.165) is 17.4 Å². The van der Waals surface area contributed by atoms with Crippen LogP contribution in [-0.4, -0.2) is 29.4 Å². The number of aromatic hydroxyl groups is 2. The zero-order valence-electron chi connectivity index (χ0n) is 11.3. The Kier molecular flexibility index (Phi) is 4.40. The SMILES string of the molecule is COc1ccc(/C=N\NC(=O)c2cc(O)cc(O)c2)cc1. The van der Waals surface area contributed by atoms with Gasteiger partial charge in [0.25, 0.3) is 5.91 Å². The van der Waals surface area contributed by atoms with E-state index >= 15 is 0 Å². The molecule has 0 spiro atoms. The number of carbonyl (C=O) groups excluding carboxylic acids is 1. The first kappa shape index (κ1) is 14.4. The minimum atomic E-state index is -0.536. The molecule has 0 heterocycles. The molecule has 3 N–H and O–H groups in total. The molecule has 0 aliphatic heterocycles. The van der Waals surface area contributed by atoms with Crippen LogP contribution in [0.3, 0.4) is 0 Å². The summed E-state index contributed by atoms with van der Waals surface area (Å²) in [5.74, 6) is -0.198.